The first-order valence-corrected chi connectivity index (χ1v) is 11.4. The molecule has 2 aromatic heterocycles. The van der Waals surface area contributed by atoms with E-state index in [2.05, 4.69) is 27.2 Å². The van der Waals surface area contributed by atoms with E-state index in [9.17, 15) is 9.59 Å². The van der Waals surface area contributed by atoms with Crippen molar-refractivity contribution in [2.45, 2.75) is 32.9 Å². The van der Waals surface area contributed by atoms with E-state index >= 15 is 0 Å². The SMILES string of the molecule is CCCCOc1nc(N)c2[nH]c(=O)n(Cc3ccc(C(=O)NCc4ccc(OC)cc4)cc3)c2n1. The van der Waals surface area contributed by atoms with Crippen LogP contribution >= 0.6 is 0 Å². The van der Waals surface area contributed by atoms with Crippen LogP contribution in [-0.2, 0) is 13.1 Å². The number of nitrogens with one attached hydrogen (secondary N) is 2. The summed E-state index contributed by atoms with van der Waals surface area (Å²) in [4.78, 5) is 36.3. The van der Waals surface area contributed by atoms with Crippen molar-refractivity contribution < 1.29 is 14.3 Å². The number of rotatable bonds is 10. The number of methoxy groups -OCH3 is 1. The Morgan fingerprint density at radius 3 is 2.49 bits per heavy atom. The first-order chi connectivity index (χ1) is 17.0. The van der Waals surface area contributed by atoms with Crippen LogP contribution in [0.25, 0.3) is 11.2 Å². The number of nitrogen functional groups attached to an aromatic ring is 1. The number of carbonyl (C=O) groups is 1. The third-order valence-electron chi connectivity index (χ3n) is 5.53. The minimum Gasteiger partial charge on any atom is -0.497 e. The molecule has 0 aliphatic heterocycles. The molecule has 0 spiro atoms. The normalized spacial score (nSPS) is 10.9. The molecule has 4 aromatic rings. The van der Waals surface area contributed by atoms with E-state index < -0.39 is 0 Å². The molecule has 4 rings (SSSR count). The van der Waals surface area contributed by atoms with Gasteiger partial charge in [-0.3, -0.25) is 9.36 Å². The quantitative estimate of drug-likeness (QED) is 0.299. The van der Waals surface area contributed by atoms with E-state index in [4.69, 9.17) is 15.2 Å². The maximum absolute atomic E-state index is 12.6. The Balaban J connectivity index is 1.45. The molecule has 0 saturated heterocycles. The second-order valence-electron chi connectivity index (χ2n) is 8.04. The maximum atomic E-state index is 12.6. The zero-order valence-electron chi connectivity index (χ0n) is 19.7. The van der Waals surface area contributed by atoms with Crippen LogP contribution in [-0.4, -0.2) is 39.1 Å². The molecule has 1 amide bonds. The van der Waals surface area contributed by atoms with E-state index in [1.54, 1.807) is 31.4 Å². The lowest BCUT2D eigenvalue weighted by Crippen LogP contribution is -2.23. The lowest BCUT2D eigenvalue weighted by atomic mass is 10.1. The van der Waals surface area contributed by atoms with Crippen LogP contribution in [0, 0.1) is 0 Å². The number of hydrogen-bond acceptors (Lipinski definition) is 7. The lowest BCUT2D eigenvalue weighted by Gasteiger charge is -2.08. The molecule has 10 nitrogen and oxygen atoms in total. The summed E-state index contributed by atoms with van der Waals surface area (Å²) in [6, 6.07) is 14.7. The van der Waals surface area contributed by atoms with Crippen molar-refractivity contribution in [3.63, 3.8) is 0 Å². The van der Waals surface area contributed by atoms with Crippen LogP contribution in [0.15, 0.2) is 53.3 Å². The molecular formula is C25H28N6O4. The molecule has 0 saturated carbocycles. The number of H-pyrrole nitrogens is 1. The van der Waals surface area contributed by atoms with Crippen molar-refractivity contribution in [2.24, 2.45) is 0 Å². The molecule has 0 aliphatic carbocycles. The minimum atomic E-state index is -0.354. The third kappa shape index (κ3) is 5.60. The Hall–Kier alpha value is -4.34. The van der Waals surface area contributed by atoms with Crippen LogP contribution in [0.3, 0.4) is 0 Å². The second-order valence-corrected chi connectivity index (χ2v) is 8.04. The molecule has 2 aromatic carbocycles. The Kier molecular flexibility index (Phi) is 7.30. The van der Waals surface area contributed by atoms with Gasteiger partial charge in [-0.2, -0.15) is 9.97 Å². The summed E-state index contributed by atoms with van der Waals surface area (Å²) in [5.41, 5.74) is 8.71. The molecule has 4 N–H and O–H groups in total. The Morgan fingerprint density at radius 2 is 1.80 bits per heavy atom. The summed E-state index contributed by atoms with van der Waals surface area (Å²) in [5.74, 6) is 0.728. The molecule has 2 heterocycles. The van der Waals surface area contributed by atoms with Gasteiger partial charge >= 0.3 is 11.7 Å². The number of hydrogen-bond donors (Lipinski definition) is 3. The summed E-state index contributed by atoms with van der Waals surface area (Å²) in [6.07, 6.45) is 1.84. The summed E-state index contributed by atoms with van der Waals surface area (Å²) >= 11 is 0. The molecule has 182 valence electrons. The van der Waals surface area contributed by atoms with Gasteiger partial charge in [-0.15, -0.1) is 0 Å². The number of nitrogens with zero attached hydrogens (tertiary/aromatic N) is 3. The molecule has 35 heavy (non-hydrogen) atoms. The first-order valence-electron chi connectivity index (χ1n) is 11.4. The van der Waals surface area contributed by atoms with Crippen LogP contribution in [0.5, 0.6) is 11.8 Å². The molecule has 0 unspecified atom stereocenters. The van der Waals surface area contributed by atoms with Gasteiger partial charge in [0, 0.05) is 12.1 Å². The predicted molar refractivity (Wildman–Crippen MR) is 133 cm³/mol. The Morgan fingerprint density at radius 1 is 1.09 bits per heavy atom. The number of ether oxygens (including phenoxy) is 2. The van der Waals surface area contributed by atoms with Crippen LogP contribution in [0.1, 0.15) is 41.3 Å². The number of amides is 1. The van der Waals surface area contributed by atoms with Crippen molar-refractivity contribution in [3.05, 3.63) is 75.7 Å². The van der Waals surface area contributed by atoms with Gasteiger partial charge in [-0.25, -0.2) is 4.79 Å². The van der Waals surface area contributed by atoms with E-state index in [1.807, 2.05) is 24.3 Å². The zero-order valence-corrected chi connectivity index (χ0v) is 19.7. The number of fused-ring (bicyclic) bond motifs is 1. The molecule has 0 aliphatic rings. The van der Waals surface area contributed by atoms with E-state index in [-0.39, 0.29) is 30.0 Å². The smallest absolute Gasteiger partial charge is 0.328 e. The highest BCUT2D eigenvalue weighted by Gasteiger charge is 2.15. The molecule has 0 fully saturated rings. The Bertz CT molecular complexity index is 1360. The number of aromatic nitrogens is 4. The third-order valence-corrected chi connectivity index (χ3v) is 5.53. The minimum absolute atomic E-state index is 0.139. The fourth-order valence-electron chi connectivity index (χ4n) is 3.52. The van der Waals surface area contributed by atoms with Crippen molar-refractivity contribution in [2.75, 3.05) is 19.5 Å². The van der Waals surface area contributed by atoms with E-state index in [1.165, 1.54) is 4.57 Å². The fraction of sp³-hybridized carbons (Fsp3) is 0.280. The predicted octanol–water partition coefficient (Wildman–Crippen LogP) is 2.87. The van der Waals surface area contributed by atoms with Crippen LogP contribution in [0.2, 0.25) is 0 Å². The molecular weight excluding hydrogens is 448 g/mol. The van der Waals surface area contributed by atoms with Crippen molar-refractivity contribution >= 4 is 22.9 Å². The summed E-state index contributed by atoms with van der Waals surface area (Å²) < 4.78 is 12.2. The molecule has 0 bridgehead atoms. The lowest BCUT2D eigenvalue weighted by molar-refractivity contribution is 0.0951. The van der Waals surface area contributed by atoms with Crippen molar-refractivity contribution in [1.82, 2.24) is 24.8 Å². The van der Waals surface area contributed by atoms with Gasteiger partial charge in [-0.05, 0) is 41.8 Å². The molecule has 0 radical (unpaired) electrons. The van der Waals surface area contributed by atoms with Gasteiger partial charge in [0.05, 0.1) is 20.3 Å². The van der Waals surface area contributed by atoms with Gasteiger partial charge in [0.2, 0.25) is 0 Å². The molecule has 10 heteroatoms. The van der Waals surface area contributed by atoms with Crippen LogP contribution in [0.4, 0.5) is 5.82 Å². The first kappa shape index (κ1) is 23.8. The second kappa shape index (κ2) is 10.7. The topological polar surface area (TPSA) is 137 Å². The highest BCUT2D eigenvalue weighted by molar-refractivity contribution is 5.94. The zero-order chi connectivity index (χ0) is 24.8. The number of imidazole rings is 1. The van der Waals surface area contributed by atoms with Crippen molar-refractivity contribution in [3.8, 4) is 11.8 Å². The summed E-state index contributed by atoms with van der Waals surface area (Å²) in [7, 11) is 1.61. The van der Waals surface area contributed by atoms with Crippen LogP contribution < -0.4 is 26.2 Å². The average Bonchev–Trinajstić information content (AvgIpc) is 3.19. The Labute approximate surface area is 202 Å². The van der Waals surface area contributed by atoms with Gasteiger partial charge in [0.15, 0.2) is 11.5 Å². The van der Waals surface area contributed by atoms with E-state index in [0.29, 0.717) is 29.9 Å². The monoisotopic (exact) mass is 476 g/mol. The number of aromatic amines is 1. The summed E-state index contributed by atoms with van der Waals surface area (Å²) in [5, 5.41) is 2.90. The van der Waals surface area contributed by atoms with Gasteiger partial charge in [0.1, 0.15) is 11.3 Å². The number of carbonyl (C=O) groups excluding carboxylic acids is 1. The number of unbranched alkanes of at least 4 members (excludes halogenated alkanes) is 1. The van der Waals surface area contributed by atoms with Gasteiger partial charge in [-0.1, -0.05) is 37.6 Å². The molecule has 0 atom stereocenters. The number of benzene rings is 2. The van der Waals surface area contributed by atoms with Gasteiger partial charge < -0.3 is 25.5 Å². The number of anilines is 1. The van der Waals surface area contributed by atoms with Crippen molar-refractivity contribution in [1.29, 1.82) is 0 Å². The van der Waals surface area contributed by atoms with Gasteiger partial charge in [0.25, 0.3) is 5.91 Å². The highest BCUT2D eigenvalue weighted by Crippen LogP contribution is 2.19. The maximum Gasteiger partial charge on any atom is 0.328 e. The standard InChI is InChI=1S/C25H28N6O4/c1-3-4-13-35-24-29-21(26)20-22(30-24)31(25(33)28-20)15-17-5-9-18(10-6-17)23(32)27-14-16-7-11-19(34-2)12-8-16/h5-12H,3-4,13-15H2,1-2H3,(H,27,32)(H,28,33)(H2,26,29,30). The fourth-order valence-corrected chi connectivity index (χ4v) is 3.52. The van der Waals surface area contributed by atoms with E-state index in [0.717, 1.165) is 29.7 Å². The largest absolute Gasteiger partial charge is 0.497 e. The summed E-state index contributed by atoms with van der Waals surface area (Å²) in [6.45, 7) is 3.18. The highest BCUT2D eigenvalue weighted by atomic mass is 16.5. The number of nitrogens with two attached hydrogens (primary N) is 1. The average molecular weight is 477 g/mol.